The van der Waals surface area contributed by atoms with Crippen molar-refractivity contribution in [3.05, 3.63) is 46.4 Å². The van der Waals surface area contributed by atoms with Crippen LogP contribution >= 0.6 is 0 Å². The molecule has 0 aliphatic heterocycles. The molecule has 0 spiro atoms. The van der Waals surface area contributed by atoms with E-state index in [1.54, 1.807) is 0 Å². The standard InChI is InChI=1S/C15H19NO3/c1-4-5-6-12-7-9-13(10-8-12)11-19-15(2,3)14(17)16-18/h5-10H,4,11H2,1-3H3/b6-5+. The van der Waals surface area contributed by atoms with Gasteiger partial charge in [0.2, 0.25) is 0 Å². The van der Waals surface area contributed by atoms with E-state index in [0.29, 0.717) is 0 Å². The van der Waals surface area contributed by atoms with Gasteiger partial charge in [-0.05, 0) is 31.4 Å². The third-order valence-electron chi connectivity index (χ3n) is 2.72. The molecule has 0 heterocycles. The topological polar surface area (TPSA) is 55.7 Å². The Hall–Kier alpha value is -1.81. The van der Waals surface area contributed by atoms with Crippen molar-refractivity contribution < 1.29 is 9.53 Å². The Labute approximate surface area is 113 Å². The minimum absolute atomic E-state index is 0.270. The summed E-state index contributed by atoms with van der Waals surface area (Å²) in [5.41, 5.74) is 0.888. The zero-order valence-electron chi connectivity index (χ0n) is 11.6. The van der Waals surface area contributed by atoms with Crippen LogP contribution in [0.5, 0.6) is 0 Å². The number of ether oxygens (including phenoxy) is 1. The van der Waals surface area contributed by atoms with Gasteiger partial charge in [0, 0.05) is 5.18 Å². The van der Waals surface area contributed by atoms with Crippen molar-refractivity contribution in [2.45, 2.75) is 39.4 Å². The Bertz CT molecular complexity index is 461. The molecule has 1 aromatic rings. The summed E-state index contributed by atoms with van der Waals surface area (Å²) in [7, 11) is 0. The van der Waals surface area contributed by atoms with Crippen molar-refractivity contribution >= 4 is 12.0 Å². The van der Waals surface area contributed by atoms with Crippen molar-refractivity contribution in [1.82, 2.24) is 0 Å². The van der Waals surface area contributed by atoms with Gasteiger partial charge in [-0.15, -0.1) is 4.91 Å². The highest BCUT2D eigenvalue weighted by Gasteiger charge is 2.29. The fourth-order valence-electron chi connectivity index (χ4n) is 1.41. The Balaban J connectivity index is 2.61. The average molecular weight is 261 g/mol. The lowest BCUT2D eigenvalue weighted by molar-refractivity contribution is -0.140. The summed E-state index contributed by atoms with van der Waals surface area (Å²) in [6, 6.07) is 7.84. The van der Waals surface area contributed by atoms with Crippen LogP contribution in [-0.2, 0) is 16.1 Å². The zero-order valence-corrected chi connectivity index (χ0v) is 11.6. The van der Waals surface area contributed by atoms with Crippen molar-refractivity contribution in [2.75, 3.05) is 0 Å². The monoisotopic (exact) mass is 261 g/mol. The first kappa shape index (κ1) is 15.2. The molecule has 1 amide bonds. The van der Waals surface area contributed by atoms with Crippen LogP contribution in [0.4, 0.5) is 0 Å². The molecule has 0 saturated carbocycles. The molecule has 102 valence electrons. The largest absolute Gasteiger partial charge is 0.361 e. The van der Waals surface area contributed by atoms with Gasteiger partial charge in [-0.25, -0.2) is 0 Å². The van der Waals surface area contributed by atoms with Crippen LogP contribution in [0.3, 0.4) is 0 Å². The molecule has 0 unspecified atom stereocenters. The Morgan fingerprint density at radius 2 is 1.95 bits per heavy atom. The zero-order chi connectivity index (χ0) is 14.3. The van der Waals surface area contributed by atoms with Gasteiger partial charge in [0.15, 0.2) is 0 Å². The third-order valence-corrected chi connectivity index (χ3v) is 2.72. The molecule has 0 bridgehead atoms. The number of allylic oxidation sites excluding steroid dienone is 1. The van der Waals surface area contributed by atoms with Gasteiger partial charge in [0.05, 0.1) is 6.61 Å². The van der Waals surface area contributed by atoms with Crippen molar-refractivity contribution in [3.8, 4) is 0 Å². The average Bonchev–Trinajstić information content (AvgIpc) is 2.43. The molecule has 0 fully saturated rings. The number of carbonyl (C=O) groups excluding carboxylic acids is 1. The molecule has 0 N–H and O–H groups in total. The fourth-order valence-corrected chi connectivity index (χ4v) is 1.41. The van der Waals surface area contributed by atoms with E-state index in [9.17, 15) is 9.70 Å². The predicted molar refractivity (Wildman–Crippen MR) is 75.4 cm³/mol. The second-order valence-electron chi connectivity index (χ2n) is 4.75. The lowest BCUT2D eigenvalue weighted by Crippen LogP contribution is -2.33. The van der Waals surface area contributed by atoms with E-state index in [0.717, 1.165) is 17.5 Å². The number of nitroso groups, excluding NO2 is 1. The van der Waals surface area contributed by atoms with Crippen LogP contribution in [0.2, 0.25) is 0 Å². The SMILES string of the molecule is CC/C=C/c1ccc(COC(C)(C)C(=O)N=O)cc1. The van der Waals surface area contributed by atoms with E-state index >= 15 is 0 Å². The molecule has 1 aromatic carbocycles. The van der Waals surface area contributed by atoms with Gasteiger partial charge in [0.25, 0.3) is 0 Å². The first-order valence-corrected chi connectivity index (χ1v) is 6.27. The highest BCUT2D eigenvalue weighted by molar-refractivity contribution is 5.84. The molecule has 0 radical (unpaired) electrons. The first-order valence-electron chi connectivity index (χ1n) is 6.27. The Morgan fingerprint density at radius 3 is 2.47 bits per heavy atom. The lowest BCUT2D eigenvalue weighted by atomic mass is 10.1. The molecule has 0 aliphatic rings. The number of amides is 1. The molecule has 19 heavy (non-hydrogen) atoms. The minimum atomic E-state index is -1.18. The van der Waals surface area contributed by atoms with Crippen LogP contribution < -0.4 is 0 Å². The van der Waals surface area contributed by atoms with Crippen molar-refractivity contribution in [3.63, 3.8) is 0 Å². The van der Waals surface area contributed by atoms with E-state index in [2.05, 4.69) is 24.3 Å². The van der Waals surface area contributed by atoms with Gasteiger partial charge >= 0.3 is 5.91 Å². The van der Waals surface area contributed by atoms with Crippen LogP contribution in [0.15, 0.2) is 35.5 Å². The van der Waals surface area contributed by atoms with Crippen molar-refractivity contribution in [2.24, 2.45) is 5.18 Å². The molecule has 0 aliphatic carbocycles. The molecule has 4 nitrogen and oxygen atoms in total. The van der Waals surface area contributed by atoms with Crippen LogP contribution in [0.25, 0.3) is 6.08 Å². The first-order chi connectivity index (χ1) is 8.99. The fraction of sp³-hybridized carbons (Fsp3) is 0.400. The number of carbonyl (C=O) groups is 1. The summed E-state index contributed by atoms with van der Waals surface area (Å²) in [6.45, 7) is 5.43. The second kappa shape index (κ2) is 6.95. The maximum atomic E-state index is 11.2. The number of hydrogen-bond donors (Lipinski definition) is 0. The van der Waals surface area contributed by atoms with Crippen LogP contribution in [0.1, 0.15) is 38.3 Å². The van der Waals surface area contributed by atoms with Gasteiger partial charge in [-0.2, -0.15) is 0 Å². The molecule has 0 atom stereocenters. The smallest absolute Gasteiger partial charge is 0.317 e. The summed E-state index contributed by atoms with van der Waals surface area (Å²) in [5, 5.41) is 2.40. The molecule has 0 aromatic heterocycles. The number of hydrogen-bond acceptors (Lipinski definition) is 3. The molecule has 0 saturated heterocycles. The molecular weight excluding hydrogens is 242 g/mol. The second-order valence-corrected chi connectivity index (χ2v) is 4.75. The Morgan fingerprint density at radius 1 is 1.32 bits per heavy atom. The molecular formula is C15H19NO3. The number of nitrogens with zero attached hydrogens (tertiary/aromatic N) is 1. The third kappa shape index (κ3) is 4.75. The Kier molecular flexibility index (Phi) is 5.57. The van der Waals surface area contributed by atoms with E-state index in [1.165, 1.54) is 13.8 Å². The maximum absolute atomic E-state index is 11.2. The summed E-state index contributed by atoms with van der Waals surface area (Å²) in [4.78, 5) is 21.4. The van der Waals surface area contributed by atoms with E-state index < -0.39 is 11.5 Å². The minimum Gasteiger partial charge on any atom is -0.361 e. The molecule has 4 heteroatoms. The highest BCUT2D eigenvalue weighted by Crippen LogP contribution is 2.15. The van der Waals surface area contributed by atoms with Crippen molar-refractivity contribution in [1.29, 1.82) is 0 Å². The van der Waals surface area contributed by atoms with Crippen LogP contribution in [0, 0.1) is 4.91 Å². The summed E-state index contributed by atoms with van der Waals surface area (Å²) in [6.07, 6.45) is 5.14. The quantitative estimate of drug-likeness (QED) is 0.734. The number of benzene rings is 1. The molecule has 1 rings (SSSR count). The van der Waals surface area contributed by atoms with Gasteiger partial charge in [0.1, 0.15) is 5.60 Å². The summed E-state index contributed by atoms with van der Waals surface area (Å²) < 4.78 is 5.43. The van der Waals surface area contributed by atoms with Gasteiger partial charge in [-0.1, -0.05) is 43.3 Å². The van der Waals surface area contributed by atoms with E-state index in [-0.39, 0.29) is 6.61 Å². The summed E-state index contributed by atoms with van der Waals surface area (Å²) >= 11 is 0. The normalized spacial score (nSPS) is 11.7. The highest BCUT2D eigenvalue weighted by atomic mass is 16.5. The summed E-state index contributed by atoms with van der Waals surface area (Å²) in [5.74, 6) is -0.796. The van der Waals surface area contributed by atoms with E-state index in [4.69, 9.17) is 4.74 Å². The predicted octanol–water partition coefficient (Wildman–Crippen LogP) is 3.70. The lowest BCUT2D eigenvalue weighted by Gasteiger charge is -2.19. The van der Waals surface area contributed by atoms with Gasteiger partial charge in [-0.3, -0.25) is 4.79 Å². The van der Waals surface area contributed by atoms with Crippen LogP contribution in [-0.4, -0.2) is 11.5 Å². The van der Waals surface area contributed by atoms with E-state index in [1.807, 2.05) is 24.3 Å². The van der Waals surface area contributed by atoms with Gasteiger partial charge < -0.3 is 4.74 Å². The maximum Gasteiger partial charge on any atom is 0.317 e. The number of rotatable bonds is 6.